The van der Waals surface area contributed by atoms with Gasteiger partial charge in [0.1, 0.15) is 11.6 Å². The summed E-state index contributed by atoms with van der Waals surface area (Å²) in [5, 5.41) is 2.65. The second-order valence-corrected chi connectivity index (χ2v) is 5.41. The van der Waals surface area contributed by atoms with Crippen LogP contribution < -0.4 is 10.2 Å². The van der Waals surface area contributed by atoms with Gasteiger partial charge in [-0.3, -0.25) is 4.79 Å². The van der Waals surface area contributed by atoms with E-state index in [1.165, 1.54) is 6.08 Å². The Hall–Kier alpha value is -2.83. The van der Waals surface area contributed by atoms with Gasteiger partial charge in [0.15, 0.2) is 0 Å². The number of nitrogens with zero attached hydrogens (tertiary/aromatic N) is 3. The molecule has 2 rings (SSSR count). The maximum atomic E-state index is 13.5. The Labute approximate surface area is 139 Å². The predicted molar refractivity (Wildman–Crippen MR) is 88.3 cm³/mol. The maximum Gasteiger partial charge on any atom is 0.244 e. The molecule has 0 fully saturated rings. The lowest BCUT2D eigenvalue weighted by Crippen LogP contribution is -2.22. The van der Waals surface area contributed by atoms with Crippen LogP contribution in [0.1, 0.15) is 17.0 Å². The van der Waals surface area contributed by atoms with Crippen molar-refractivity contribution in [3.8, 4) is 0 Å². The average Bonchev–Trinajstić information content (AvgIpc) is 2.53. The number of aryl methyl sites for hydroxylation is 1. The zero-order chi connectivity index (χ0) is 17.7. The van der Waals surface area contributed by atoms with E-state index in [-0.39, 0.29) is 12.1 Å². The summed E-state index contributed by atoms with van der Waals surface area (Å²) in [4.78, 5) is 22.2. The molecule has 5 nitrogen and oxygen atoms in total. The molecule has 1 aromatic heterocycles. The quantitative estimate of drug-likeness (QED) is 0.855. The van der Waals surface area contributed by atoms with Crippen LogP contribution in [-0.2, 0) is 11.3 Å². The van der Waals surface area contributed by atoms with Gasteiger partial charge in [-0.1, -0.05) is 0 Å². The Kier molecular flexibility index (Phi) is 5.57. The van der Waals surface area contributed by atoms with E-state index in [9.17, 15) is 13.6 Å². The summed E-state index contributed by atoms with van der Waals surface area (Å²) in [6.07, 6.45) is 2.38. The molecule has 0 bridgehead atoms. The molecule has 1 N–H and O–H groups in total. The van der Waals surface area contributed by atoms with Crippen LogP contribution in [0.5, 0.6) is 0 Å². The Morgan fingerprint density at radius 1 is 1.25 bits per heavy atom. The van der Waals surface area contributed by atoms with E-state index in [1.807, 2.05) is 21.0 Å². The van der Waals surface area contributed by atoms with Gasteiger partial charge in [0, 0.05) is 31.4 Å². The summed E-state index contributed by atoms with van der Waals surface area (Å²) in [5.74, 6) is -1.04. The summed E-state index contributed by atoms with van der Waals surface area (Å²) >= 11 is 0. The van der Waals surface area contributed by atoms with Crippen molar-refractivity contribution in [3.63, 3.8) is 0 Å². The molecular weight excluding hydrogens is 314 g/mol. The fourth-order valence-corrected chi connectivity index (χ4v) is 1.95. The highest BCUT2D eigenvalue weighted by Gasteiger charge is 2.06. The lowest BCUT2D eigenvalue weighted by atomic mass is 10.2. The van der Waals surface area contributed by atoms with E-state index in [0.717, 1.165) is 30.0 Å². The van der Waals surface area contributed by atoms with Crippen LogP contribution in [0, 0.1) is 18.6 Å². The van der Waals surface area contributed by atoms with Gasteiger partial charge in [0.25, 0.3) is 0 Å². The van der Waals surface area contributed by atoms with Gasteiger partial charge in [-0.2, -0.15) is 0 Å². The molecule has 0 unspecified atom stereocenters. The minimum atomic E-state index is -0.595. The zero-order valence-electron chi connectivity index (χ0n) is 13.7. The van der Waals surface area contributed by atoms with Gasteiger partial charge < -0.3 is 10.2 Å². The van der Waals surface area contributed by atoms with Crippen LogP contribution in [0.4, 0.5) is 14.7 Å². The van der Waals surface area contributed by atoms with Crippen molar-refractivity contribution in [1.82, 2.24) is 15.3 Å². The summed E-state index contributed by atoms with van der Waals surface area (Å²) in [5.41, 5.74) is 1.46. The fraction of sp³-hybridized carbons (Fsp3) is 0.235. The number of hydrogen-bond acceptors (Lipinski definition) is 4. The normalized spacial score (nSPS) is 10.9. The summed E-state index contributed by atoms with van der Waals surface area (Å²) < 4.78 is 26.5. The second-order valence-electron chi connectivity index (χ2n) is 5.41. The lowest BCUT2D eigenvalue weighted by molar-refractivity contribution is -0.116. The van der Waals surface area contributed by atoms with Gasteiger partial charge in [-0.25, -0.2) is 18.7 Å². The van der Waals surface area contributed by atoms with Gasteiger partial charge in [0.2, 0.25) is 11.9 Å². The molecule has 0 aliphatic heterocycles. The van der Waals surface area contributed by atoms with Crippen molar-refractivity contribution in [1.29, 1.82) is 0 Å². The number of rotatable bonds is 5. The minimum Gasteiger partial charge on any atom is -0.347 e. The van der Waals surface area contributed by atoms with Crippen molar-refractivity contribution in [2.75, 3.05) is 19.0 Å². The van der Waals surface area contributed by atoms with Gasteiger partial charge >= 0.3 is 0 Å². The first-order valence-corrected chi connectivity index (χ1v) is 7.28. The van der Waals surface area contributed by atoms with E-state index < -0.39 is 17.5 Å². The number of carbonyl (C=O) groups is 1. The van der Waals surface area contributed by atoms with E-state index in [4.69, 9.17) is 0 Å². The first-order valence-electron chi connectivity index (χ1n) is 7.28. The molecule has 0 aliphatic rings. The average molecular weight is 332 g/mol. The first kappa shape index (κ1) is 17.5. The van der Waals surface area contributed by atoms with E-state index in [0.29, 0.717) is 11.6 Å². The van der Waals surface area contributed by atoms with Crippen LogP contribution in [0.3, 0.4) is 0 Å². The standard InChI is InChI=1S/C17H18F2N4O/c1-11-8-14(22-17(21-11)23(2)3)10-20-16(24)7-4-12-9-13(18)5-6-15(12)19/h4-9H,10H2,1-3H3,(H,20,24)/b7-4+. The Morgan fingerprint density at radius 2 is 2.00 bits per heavy atom. The molecule has 1 aromatic carbocycles. The summed E-state index contributed by atoms with van der Waals surface area (Å²) in [6.45, 7) is 2.05. The van der Waals surface area contributed by atoms with Crippen LogP contribution in [0.2, 0.25) is 0 Å². The maximum absolute atomic E-state index is 13.5. The van der Waals surface area contributed by atoms with E-state index >= 15 is 0 Å². The van der Waals surface area contributed by atoms with Gasteiger partial charge in [-0.05, 0) is 37.3 Å². The Balaban J connectivity index is 2.01. The minimum absolute atomic E-state index is 0.0120. The molecule has 0 saturated carbocycles. The molecule has 0 saturated heterocycles. The van der Waals surface area contributed by atoms with Crippen molar-refractivity contribution < 1.29 is 13.6 Å². The van der Waals surface area contributed by atoms with Crippen molar-refractivity contribution in [2.24, 2.45) is 0 Å². The molecule has 0 aliphatic carbocycles. The number of nitrogens with one attached hydrogen (secondary N) is 1. The molecule has 0 spiro atoms. The van der Waals surface area contributed by atoms with E-state index in [1.54, 1.807) is 11.0 Å². The fourth-order valence-electron chi connectivity index (χ4n) is 1.95. The molecule has 1 amide bonds. The molecule has 126 valence electrons. The smallest absolute Gasteiger partial charge is 0.244 e. The molecule has 7 heteroatoms. The van der Waals surface area contributed by atoms with Crippen molar-refractivity contribution >= 4 is 17.9 Å². The molecule has 2 aromatic rings. The number of amides is 1. The number of anilines is 1. The highest BCUT2D eigenvalue weighted by molar-refractivity contribution is 5.91. The molecule has 24 heavy (non-hydrogen) atoms. The predicted octanol–water partition coefficient (Wildman–Crippen LogP) is 2.46. The van der Waals surface area contributed by atoms with E-state index in [2.05, 4.69) is 15.3 Å². The van der Waals surface area contributed by atoms with Gasteiger partial charge in [-0.15, -0.1) is 0 Å². The molecular formula is C17H18F2N4O. The number of benzene rings is 1. The SMILES string of the molecule is Cc1cc(CNC(=O)/C=C/c2cc(F)ccc2F)nc(N(C)C)n1. The number of carbonyl (C=O) groups excluding carboxylic acids is 1. The summed E-state index contributed by atoms with van der Waals surface area (Å²) in [7, 11) is 3.65. The van der Waals surface area contributed by atoms with Crippen LogP contribution in [-0.4, -0.2) is 30.0 Å². The molecule has 0 atom stereocenters. The zero-order valence-corrected chi connectivity index (χ0v) is 13.7. The third kappa shape index (κ3) is 4.84. The highest BCUT2D eigenvalue weighted by atomic mass is 19.1. The van der Waals surface area contributed by atoms with Crippen molar-refractivity contribution in [2.45, 2.75) is 13.5 Å². The third-order valence-corrected chi connectivity index (χ3v) is 3.11. The Bertz CT molecular complexity index is 775. The highest BCUT2D eigenvalue weighted by Crippen LogP contribution is 2.11. The molecule has 1 heterocycles. The number of halogens is 2. The molecule has 0 radical (unpaired) electrons. The van der Waals surface area contributed by atoms with Gasteiger partial charge in [0.05, 0.1) is 12.2 Å². The van der Waals surface area contributed by atoms with Crippen LogP contribution in [0.15, 0.2) is 30.3 Å². The Morgan fingerprint density at radius 3 is 2.71 bits per heavy atom. The second kappa shape index (κ2) is 7.63. The largest absolute Gasteiger partial charge is 0.347 e. The van der Waals surface area contributed by atoms with Crippen molar-refractivity contribution in [3.05, 3.63) is 58.9 Å². The monoisotopic (exact) mass is 332 g/mol. The lowest BCUT2D eigenvalue weighted by Gasteiger charge is -2.12. The van der Waals surface area contributed by atoms with Crippen LogP contribution >= 0.6 is 0 Å². The number of hydrogen-bond donors (Lipinski definition) is 1. The summed E-state index contributed by atoms with van der Waals surface area (Å²) in [6, 6.07) is 4.82. The third-order valence-electron chi connectivity index (χ3n) is 3.11. The van der Waals surface area contributed by atoms with Crippen LogP contribution in [0.25, 0.3) is 6.08 Å². The number of aromatic nitrogens is 2. The topological polar surface area (TPSA) is 58.1 Å². The first-order chi connectivity index (χ1) is 11.3.